The predicted octanol–water partition coefficient (Wildman–Crippen LogP) is 1.28. The van der Waals surface area contributed by atoms with Gasteiger partial charge in [0.05, 0.1) is 6.54 Å². The molecule has 1 heterocycles. The van der Waals surface area contributed by atoms with Gasteiger partial charge in [-0.15, -0.1) is 0 Å². The van der Waals surface area contributed by atoms with E-state index in [1.165, 1.54) is 5.69 Å². The number of piperazine rings is 1. The van der Waals surface area contributed by atoms with Crippen molar-refractivity contribution in [3.63, 3.8) is 0 Å². The number of benzene rings is 1. The summed E-state index contributed by atoms with van der Waals surface area (Å²) in [7, 11) is 1.72. The Labute approximate surface area is 169 Å². The average molecular weight is 389 g/mol. The number of carbonyl (C=O) groups excluding carboxylic acids is 1. The van der Waals surface area contributed by atoms with Crippen molar-refractivity contribution >= 4 is 17.6 Å². The van der Waals surface area contributed by atoms with Gasteiger partial charge in [-0.3, -0.25) is 14.7 Å². The minimum atomic E-state index is -0.222. The second-order valence-corrected chi connectivity index (χ2v) is 8.17. The lowest BCUT2D eigenvalue weighted by molar-refractivity contribution is -0.121. The zero-order valence-electron chi connectivity index (χ0n) is 17.8. The number of para-hydroxylation sites is 1. The molecular formula is C21H36N6O. The fourth-order valence-electron chi connectivity index (χ4n) is 3.23. The lowest BCUT2D eigenvalue weighted by Gasteiger charge is -2.36. The number of hydrogen-bond acceptors (Lipinski definition) is 4. The fourth-order valence-corrected chi connectivity index (χ4v) is 3.23. The molecule has 1 saturated heterocycles. The third-order valence-electron chi connectivity index (χ3n) is 4.59. The molecule has 2 rings (SSSR count). The minimum absolute atomic E-state index is 0.0354. The molecule has 1 aliphatic rings. The lowest BCUT2D eigenvalue weighted by Crippen LogP contribution is -2.49. The highest BCUT2D eigenvalue weighted by molar-refractivity contribution is 5.86. The van der Waals surface area contributed by atoms with Crippen molar-refractivity contribution in [1.82, 2.24) is 20.9 Å². The van der Waals surface area contributed by atoms with E-state index in [0.717, 1.165) is 45.7 Å². The first-order valence-electron chi connectivity index (χ1n) is 10.2. The van der Waals surface area contributed by atoms with Crippen LogP contribution in [-0.2, 0) is 4.79 Å². The second kappa shape index (κ2) is 10.9. The molecule has 1 fully saturated rings. The molecule has 156 valence electrons. The molecule has 0 atom stereocenters. The summed E-state index contributed by atoms with van der Waals surface area (Å²) in [5.74, 6) is 0.629. The zero-order valence-corrected chi connectivity index (χ0v) is 17.8. The van der Waals surface area contributed by atoms with Crippen LogP contribution in [-0.4, -0.2) is 75.2 Å². The number of aliphatic imine (C=N–C) groups is 1. The largest absolute Gasteiger partial charge is 0.369 e. The van der Waals surface area contributed by atoms with Gasteiger partial charge in [-0.05, 0) is 45.9 Å². The fraction of sp³-hybridized carbons (Fsp3) is 0.619. The summed E-state index contributed by atoms with van der Waals surface area (Å²) in [6.45, 7) is 12.4. The maximum atomic E-state index is 11.9. The molecule has 0 saturated carbocycles. The molecule has 0 spiro atoms. The van der Waals surface area contributed by atoms with Crippen LogP contribution in [0.15, 0.2) is 35.3 Å². The van der Waals surface area contributed by atoms with Crippen LogP contribution >= 0.6 is 0 Å². The number of amides is 1. The average Bonchev–Trinajstić information content (AvgIpc) is 2.67. The van der Waals surface area contributed by atoms with Crippen molar-refractivity contribution < 1.29 is 4.79 Å². The van der Waals surface area contributed by atoms with E-state index in [2.05, 4.69) is 61.1 Å². The first kappa shape index (κ1) is 22.0. The van der Waals surface area contributed by atoms with E-state index < -0.39 is 0 Å². The third kappa shape index (κ3) is 8.17. The van der Waals surface area contributed by atoms with Gasteiger partial charge in [0.15, 0.2) is 5.96 Å². The standard InChI is InChI=1S/C21H36N6O/c1-21(2,3)25-19(28)17-24-20(22-4)23-11-8-12-26-13-15-27(16-14-26)18-9-6-5-7-10-18/h5-7,9-10H,8,11-17H2,1-4H3,(H,25,28)(H2,22,23,24). The zero-order chi connectivity index (χ0) is 20.4. The quantitative estimate of drug-likeness (QED) is 0.373. The van der Waals surface area contributed by atoms with Crippen molar-refractivity contribution in [3.05, 3.63) is 30.3 Å². The molecular weight excluding hydrogens is 352 g/mol. The van der Waals surface area contributed by atoms with Crippen LogP contribution in [0, 0.1) is 0 Å². The van der Waals surface area contributed by atoms with Gasteiger partial charge in [0.1, 0.15) is 0 Å². The Morgan fingerprint density at radius 3 is 2.36 bits per heavy atom. The molecule has 1 amide bonds. The number of guanidine groups is 1. The maximum Gasteiger partial charge on any atom is 0.239 e. The molecule has 7 heteroatoms. The Kier molecular flexibility index (Phi) is 8.57. The molecule has 7 nitrogen and oxygen atoms in total. The van der Waals surface area contributed by atoms with E-state index in [1.807, 2.05) is 20.8 Å². The van der Waals surface area contributed by atoms with E-state index in [1.54, 1.807) is 7.05 Å². The van der Waals surface area contributed by atoms with Gasteiger partial charge in [0, 0.05) is 51.0 Å². The Morgan fingerprint density at radius 1 is 1.07 bits per heavy atom. The van der Waals surface area contributed by atoms with Gasteiger partial charge in [0.25, 0.3) is 0 Å². The first-order chi connectivity index (χ1) is 13.4. The first-order valence-corrected chi connectivity index (χ1v) is 10.2. The molecule has 28 heavy (non-hydrogen) atoms. The Morgan fingerprint density at radius 2 is 1.75 bits per heavy atom. The molecule has 3 N–H and O–H groups in total. The van der Waals surface area contributed by atoms with E-state index in [9.17, 15) is 4.79 Å². The van der Waals surface area contributed by atoms with Crippen LogP contribution in [0.5, 0.6) is 0 Å². The summed E-state index contributed by atoms with van der Waals surface area (Å²) in [5, 5.41) is 9.27. The lowest BCUT2D eigenvalue weighted by atomic mass is 10.1. The summed E-state index contributed by atoms with van der Waals surface area (Å²) < 4.78 is 0. The monoisotopic (exact) mass is 388 g/mol. The molecule has 0 aromatic heterocycles. The molecule has 0 radical (unpaired) electrons. The SMILES string of the molecule is CN=C(NCCCN1CCN(c2ccccc2)CC1)NCC(=O)NC(C)(C)C. The van der Waals surface area contributed by atoms with Crippen molar-refractivity contribution in [2.75, 3.05) is 57.8 Å². The molecule has 0 aliphatic carbocycles. The van der Waals surface area contributed by atoms with Crippen LogP contribution in [0.4, 0.5) is 5.69 Å². The summed E-state index contributed by atoms with van der Waals surface area (Å²) in [6, 6.07) is 10.6. The Hall–Kier alpha value is -2.28. The number of rotatable bonds is 7. The van der Waals surface area contributed by atoms with Crippen molar-refractivity contribution in [3.8, 4) is 0 Å². The van der Waals surface area contributed by atoms with E-state index >= 15 is 0 Å². The molecule has 1 aromatic carbocycles. The smallest absolute Gasteiger partial charge is 0.239 e. The Balaban J connectivity index is 1.58. The van der Waals surface area contributed by atoms with Gasteiger partial charge in [-0.25, -0.2) is 0 Å². The third-order valence-corrected chi connectivity index (χ3v) is 4.59. The van der Waals surface area contributed by atoms with Crippen molar-refractivity contribution in [1.29, 1.82) is 0 Å². The van der Waals surface area contributed by atoms with Crippen LogP contribution in [0.25, 0.3) is 0 Å². The van der Waals surface area contributed by atoms with Crippen molar-refractivity contribution in [2.45, 2.75) is 32.7 Å². The van der Waals surface area contributed by atoms with Gasteiger partial charge < -0.3 is 20.9 Å². The van der Waals surface area contributed by atoms with Crippen LogP contribution in [0.3, 0.4) is 0 Å². The van der Waals surface area contributed by atoms with Gasteiger partial charge in [-0.1, -0.05) is 18.2 Å². The number of anilines is 1. The number of nitrogens with one attached hydrogen (secondary N) is 3. The summed E-state index contributed by atoms with van der Waals surface area (Å²) >= 11 is 0. The second-order valence-electron chi connectivity index (χ2n) is 8.17. The number of nitrogens with zero attached hydrogens (tertiary/aromatic N) is 3. The van der Waals surface area contributed by atoms with Crippen LogP contribution in [0.1, 0.15) is 27.2 Å². The maximum absolute atomic E-state index is 11.9. The van der Waals surface area contributed by atoms with E-state index in [0.29, 0.717) is 5.96 Å². The summed E-state index contributed by atoms with van der Waals surface area (Å²) in [6.07, 6.45) is 1.04. The van der Waals surface area contributed by atoms with E-state index in [4.69, 9.17) is 0 Å². The normalized spacial score (nSPS) is 16.0. The van der Waals surface area contributed by atoms with Crippen LogP contribution < -0.4 is 20.9 Å². The Bertz CT molecular complexity index is 618. The topological polar surface area (TPSA) is 72.0 Å². The van der Waals surface area contributed by atoms with Gasteiger partial charge in [-0.2, -0.15) is 0 Å². The van der Waals surface area contributed by atoms with Crippen molar-refractivity contribution in [2.24, 2.45) is 4.99 Å². The van der Waals surface area contributed by atoms with Crippen LogP contribution in [0.2, 0.25) is 0 Å². The summed E-state index contributed by atoms with van der Waals surface area (Å²) in [4.78, 5) is 21.0. The number of carbonyl (C=O) groups is 1. The van der Waals surface area contributed by atoms with E-state index in [-0.39, 0.29) is 18.0 Å². The molecule has 1 aromatic rings. The predicted molar refractivity (Wildman–Crippen MR) is 117 cm³/mol. The summed E-state index contributed by atoms with van der Waals surface area (Å²) in [5.41, 5.74) is 1.09. The molecule has 0 unspecified atom stereocenters. The minimum Gasteiger partial charge on any atom is -0.369 e. The van der Waals surface area contributed by atoms with Gasteiger partial charge >= 0.3 is 0 Å². The highest BCUT2D eigenvalue weighted by atomic mass is 16.2. The highest BCUT2D eigenvalue weighted by Gasteiger charge is 2.16. The molecule has 0 bridgehead atoms. The number of hydrogen-bond donors (Lipinski definition) is 3. The highest BCUT2D eigenvalue weighted by Crippen LogP contribution is 2.15. The van der Waals surface area contributed by atoms with Gasteiger partial charge in [0.2, 0.25) is 5.91 Å². The molecule has 1 aliphatic heterocycles.